The van der Waals surface area contributed by atoms with Crippen LogP contribution in [0.1, 0.15) is 46.0 Å². The Hall–Kier alpha value is -0.610. The summed E-state index contributed by atoms with van der Waals surface area (Å²) in [6, 6.07) is 1.34. The Morgan fingerprint density at radius 3 is 3.00 bits per heavy atom. The summed E-state index contributed by atoms with van der Waals surface area (Å²) in [5.41, 5.74) is -0.0199. The minimum absolute atomic E-state index is 0.0199. The highest BCUT2D eigenvalue weighted by Gasteiger charge is 2.43. The molecule has 4 nitrogen and oxygen atoms in total. The molecule has 3 atom stereocenters. The smallest absolute Gasteiger partial charge is 0.224 e. The fourth-order valence-electron chi connectivity index (χ4n) is 3.81. The Morgan fingerprint density at radius 1 is 1.39 bits per heavy atom. The minimum Gasteiger partial charge on any atom is -0.375 e. The van der Waals surface area contributed by atoms with Gasteiger partial charge in [0.2, 0.25) is 5.91 Å². The number of fused-ring (bicyclic) bond motifs is 1. The van der Waals surface area contributed by atoms with Crippen LogP contribution in [-0.4, -0.2) is 47.7 Å². The van der Waals surface area contributed by atoms with Crippen molar-refractivity contribution in [2.45, 2.75) is 69.7 Å². The van der Waals surface area contributed by atoms with Gasteiger partial charge in [-0.1, -0.05) is 0 Å². The Bertz CT molecular complexity index is 343. The standard InChI is InChI=1S/C14H24N2O2/c1-14(2)9-10(5-7-18-14)15-11-8-13(17)16-6-3-4-12(11)16/h10-12,15H,3-9H2,1-2H3. The molecule has 3 heterocycles. The van der Waals surface area contributed by atoms with Crippen molar-refractivity contribution in [2.75, 3.05) is 13.2 Å². The summed E-state index contributed by atoms with van der Waals surface area (Å²) < 4.78 is 5.75. The van der Waals surface area contributed by atoms with Gasteiger partial charge in [0.05, 0.1) is 5.60 Å². The van der Waals surface area contributed by atoms with Gasteiger partial charge >= 0.3 is 0 Å². The van der Waals surface area contributed by atoms with E-state index in [1.54, 1.807) is 0 Å². The molecule has 3 aliphatic heterocycles. The lowest BCUT2D eigenvalue weighted by molar-refractivity contribution is -0.127. The van der Waals surface area contributed by atoms with E-state index in [4.69, 9.17) is 4.74 Å². The summed E-state index contributed by atoms with van der Waals surface area (Å²) in [5, 5.41) is 3.73. The van der Waals surface area contributed by atoms with Gasteiger partial charge in [0, 0.05) is 37.7 Å². The predicted octanol–water partition coefficient (Wildman–Crippen LogP) is 1.30. The summed E-state index contributed by atoms with van der Waals surface area (Å²) in [6.45, 7) is 6.12. The van der Waals surface area contributed by atoms with Crippen LogP contribution < -0.4 is 5.32 Å². The molecule has 0 aromatic rings. The summed E-state index contributed by atoms with van der Waals surface area (Å²) in [5.74, 6) is 0.348. The average Bonchev–Trinajstić information content (AvgIpc) is 2.83. The predicted molar refractivity (Wildman–Crippen MR) is 69.3 cm³/mol. The Balaban J connectivity index is 1.61. The number of carbonyl (C=O) groups excluding carboxylic acids is 1. The molecule has 0 aromatic carbocycles. The highest BCUT2D eigenvalue weighted by molar-refractivity contribution is 5.80. The van der Waals surface area contributed by atoms with E-state index in [0.717, 1.165) is 26.0 Å². The highest BCUT2D eigenvalue weighted by Crippen LogP contribution is 2.31. The first-order chi connectivity index (χ1) is 8.55. The lowest BCUT2D eigenvalue weighted by Gasteiger charge is -2.37. The van der Waals surface area contributed by atoms with Crippen LogP contribution in [0.5, 0.6) is 0 Å². The molecule has 0 saturated carbocycles. The van der Waals surface area contributed by atoms with Gasteiger partial charge in [-0.15, -0.1) is 0 Å². The fourth-order valence-corrected chi connectivity index (χ4v) is 3.81. The number of rotatable bonds is 2. The Kier molecular flexibility index (Phi) is 3.10. The lowest BCUT2D eigenvalue weighted by atomic mass is 9.92. The second-order valence-electron chi connectivity index (χ2n) is 6.57. The van der Waals surface area contributed by atoms with E-state index in [1.165, 1.54) is 12.8 Å². The maximum atomic E-state index is 11.9. The molecular formula is C14H24N2O2. The lowest BCUT2D eigenvalue weighted by Crippen LogP contribution is -2.50. The number of nitrogens with zero attached hydrogens (tertiary/aromatic N) is 1. The van der Waals surface area contributed by atoms with Crippen molar-refractivity contribution in [2.24, 2.45) is 0 Å². The molecule has 0 radical (unpaired) electrons. The first kappa shape index (κ1) is 12.4. The number of ether oxygens (including phenoxy) is 1. The first-order valence-electron chi connectivity index (χ1n) is 7.25. The SMILES string of the molecule is CC1(C)CC(NC2CC(=O)N3CCCC23)CCO1. The molecule has 0 bridgehead atoms. The summed E-state index contributed by atoms with van der Waals surface area (Å²) in [6.07, 6.45) is 5.16. The highest BCUT2D eigenvalue weighted by atomic mass is 16.5. The molecule has 18 heavy (non-hydrogen) atoms. The van der Waals surface area contributed by atoms with Crippen LogP contribution in [0.4, 0.5) is 0 Å². The normalized spacial score (nSPS) is 39.1. The Labute approximate surface area is 109 Å². The van der Waals surface area contributed by atoms with E-state index < -0.39 is 0 Å². The largest absolute Gasteiger partial charge is 0.375 e. The molecule has 3 fully saturated rings. The molecule has 1 amide bonds. The summed E-state index contributed by atoms with van der Waals surface area (Å²) in [4.78, 5) is 14.0. The first-order valence-corrected chi connectivity index (χ1v) is 7.25. The van der Waals surface area contributed by atoms with E-state index in [0.29, 0.717) is 30.5 Å². The third-order valence-corrected chi connectivity index (χ3v) is 4.63. The molecule has 3 unspecified atom stereocenters. The third-order valence-electron chi connectivity index (χ3n) is 4.63. The van der Waals surface area contributed by atoms with Gasteiger partial charge in [-0.25, -0.2) is 0 Å². The molecule has 102 valence electrons. The molecule has 3 saturated heterocycles. The van der Waals surface area contributed by atoms with Gasteiger partial charge < -0.3 is 15.0 Å². The van der Waals surface area contributed by atoms with Crippen LogP contribution in [0.15, 0.2) is 0 Å². The van der Waals surface area contributed by atoms with Crippen molar-refractivity contribution in [1.82, 2.24) is 10.2 Å². The quantitative estimate of drug-likeness (QED) is 0.805. The molecule has 4 heteroatoms. The second-order valence-corrected chi connectivity index (χ2v) is 6.57. The van der Waals surface area contributed by atoms with Crippen LogP contribution in [0.2, 0.25) is 0 Å². The minimum atomic E-state index is -0.0199. The third kappa shape index (κ3) is 2.28. The van der Waals surface area contributed by atoms with Crippen LogP contribution in [0.3, 0.4) is 0 Å². The van der Waals surface area contributed by atoms with Crippen molar-refractivity contribution in [3.63, 3.8) is 0 Å². The zero-order valence-electron chi connectivity index (χ0n) is 11.4. The van der Waals surface area contributed by atoms with Crippen molar-refractivity contribution < 1.29 is 9.53 Å². The zero-order valence-corrected chi connectivity index (χ0v) is 11.4. The van der Waals surface area contributed by atoms with Crippen molar-refractivity contribution in [3.8, 4) is 0 Å². The van der Waals surface area contributed by atoms with Crippen LogP contribution >= 0.6 is 0 Å². The maximum absolute atomic E-state index is 11.9. The molecular weight excluding hydrogens is 228 g/mol. The van der Waals surface area contributed by atoms with E-state index in [2.05, 4.69) is 24.1 Å². The van der Waals surface area contributed by atoms with Crippen LogP contribution in [0.25, 0.3) is 0 Å². The molecule has 0 aliphatic carbocycles. The van der Waals surface area contributed by atoms with Crippen molar-refractivity contribution in [1.29, 1.82) is 0 Å². The van der Waals surface area contributed by atoms with Gasteiger partial charge in [0.1, 0.15) is 0 Å². The number of hydrogen-bond donors (Lipinski definition) is 1. The van der Waals surface area contributed by atoms with Gasteiger partial charge in [0.15, 0.2) is 0 Å². The monoisotopic (exact) mass is 252 g/mol. The molecule has 0 aromatic heterocycles. The van der Waals surface area contributed by atoms with Crippen molar-refractivity contribution in [3.05, 3.63) is 0 Å². The fraction of sp³-hybridized carbons (Fsp3) is 0.929. The molecule has 3 rings (SSSR count). The van der Waals surface area contributed by atoms with E-state index in [1.807, 2.05) is 0 Å². The second kappa shape index (κ2) is 4.49. The van der Waals surface area contributed by atoms with Crippen LogP contribution in [-0.2, 0) is 9.53 Å². The van der Waals surface area contributed by atoms with E-state index in [-0.39, 0.29) is 5.60 Å². The average molecular weight is 252 g/mol. The van der Waals surface area contributed by atoms with E-state index in [9.17, 15) is 4.79 Å². The van der Waals surface area contributed by atoms with Gasteiger partial charge in [-0.05, 0) is 39.5 Å². The maximum Gasteiger partial charge on any atom is 0.224 e. The Morgan fingerprint density at radius 2 is 2.22 bits per heavy atom. The summed E-state index contributed by atoms with van der Waals surface area (Å²) >= 11 is 0. The van der Waals surface area contributed by atoms with Crippen molar-refractivity contribution >= 4 is 5.91 Å². The number of hydrogen-bond acceptors (Lipinski definition) is 3. The molecule has 1 N–H and O–H groups in total. The molecule has 3 aliphatic rings. The van der Waals surface area contributed by atoms with E-state index >= 15 is 0 Å². The topological polar surface area (TPSA) is 41.6 Å². The number of amides is 1. The number of carbonyl (C=O) groups is 1. The zero-order chi connectivity index (χ0) is 12.8. The number of nitrogens with one attached hydrogen (secondary N) is 1. The summed E-state index contributed by atoms with van der Waals surface area (Å²) in [7, 11) is 0. The van der Waals surface area contributed by atoms with Crippen LogP contribution in [0, 0.1) is 0 Å². The van der Waals surface area contributed by atoms with Gasteiger partial charge in [-0.3, -0.25) is 4.79 Å². The van der Waals surface area contributed by atoms with Gasteiger partial charge in [-0.2, -0.15) is 0 Å². The molecule has 0 spiro atoms. The van der Waals surface area contributed by atoms with Gasteiger partial charge in [0.25, 0.3) is 0 Å².